The van der Waals surface area contributed by atoms with Gasteiger partial charge < -0.3 is 10.2 Å². The zero-order valence-electron chi connectivity index (χ0n) is 9.60. The molecule has 88 valence electrons. The number of benzene rings is 1. The molecular formula is C13H15N3O. The van der Waals surface area contributed by atoms with E-state index in [0.717, 1.165) is 18.7 Å². The molecule has 1 amide bonds. The van der Waals surface area contributed by atoms with E-state index in [1.807, 2.05) is 30.3 Å². The standard InChI is InChI=1S/C13H15N3O/c14-10-12(11-4-2-1-3-5-11)13(17)16-8-6-15-7-9-16/h1-5,12,15H,6-9H2. The zero-order valence-corrected chi connectivity index (χ0v) is 9.60. The minimum Gasteiger partial charge on any atom is -0.339 e. The van der Waals surface area contributed by atoms with Crippen LogP contribution < -0.4 is 5.32 Å². The molecule has 0 aromatic heterocycles. The molecule has 0 bridgehead atoms. The minimum atomic E-state index is -0.672. The Morgan fingerprint density at radius 1 is 1.29 bits per heavy atom. The average molecular weight is 229 g/mol. The third-order valence-electron chi connectivity index (χ3n) is 2.94. The van der Waals surface area contributed by atoms with E-state index in [4.69, 9.17) is 5.26 Å². The lowest BCUT2D eigenvalue weighted by atomic mass is 9.99. The highest BCUT2D eigenvalue weighted by molar-refractivity contribution is 5.86. The van der Waals surface area contributed by atoms with Crippen LogP contribution in [0.3, 0.4) is 0 Å². The Hall–Kier alpha value is -1.86. The molecule has 1 saturated heterocycles. The van der Waals surface area contributed by atoms with Gasteiger partial charge in [0.05, 0.1) is 6.07 Å². The van der Waals surface area contributed by atoms with Gasteiger partial charge in [0.25, 0.3) is 0 Å². The van der Waals surface area contributed by atoms with Gasteiger partial charge in [0.1, 0.15) is 5.92 Å². The molecule has 17 heavy (non-hydrogen) atoms. The van der Waals surface area contributed by atoms with Crippen molar-refractivity contribution in [1.29, 1.82) is 5.26 Å². The van der Waals surface area contributed by atoms with Crippen molar-refractivity contribution < 1.29 is 4.79 Å². The molecule has 1 aliphatic heterocycles. The van der Waals surface area contributed by atoms with E-state index in [-0.39, 0.29) is 5.91 Å². The summed E-state index contributed by atoms with van der Waals surface area (Å²) >= 11 is 0. The van der Waals surface area contributed by atoms with Gasteiger partial charge >= 0.3 is 0 Å². The van der Waals surface area contributed by atoms with Gasteiger partial charge in [0.15, 0.2) is 0 Å². The summed E-state index contributed by atoms with van der Waals surface area (Å²) in [6.07, 6.45) is 0. The largest absolute Gasteiger partial charge is 0.339 e. The lowest BCUT2D eigenvalue weighted by Crippen LogP contribution is -2.47. The predicted octanol–water partition coefficient (Wildman–Crippen LogP) is 0.726. The summed E-state index contributed by atoms with van der Waals surface area (Å²) in [6.45, 7) is 2.98. The number of carbonyl (C=O) groups is 1. The van der Waals surface area contributed by atoms with Gasteiger partial charge in [-0.15, -0.1) is 0 Å². The second-order valence-electron chi connectivity index (χ2n) is 4.05. The first-order valence-electron chi connectivity index (χ1n) is 5.77. The Morgan fingerprint density at radius 3 is 2.53 bits per heavy atom. The maximum absolute atomic E-state index is 12.2. The normalized spacial score (nSPS) is 17.2. The summed E-state index contributed by atoms with van der Waals surface area (Å²) in [5.74, 6) is -0.755. The molecule has 0 spiro atoms. The fraction of sp³-hybridized carbons (Fsp3) is 0.385. The molecule has 4 nitrogen and oxygen atoms in total. The van der Waals surface area contributed by atoms with Crippen molar-refractivity contribution in [3.8, 4) is 6.07 Å². The van der Waals surface area contributed by atoms with Crippen molar-refractivity contribution in [1.82, 2.24) is 10.2 Å². The first-order chi connectivity index (χ1) is 8.33. The highest BCUT2D eigenvalue weighted by Crippen LogP contribution is 2.17. The summed E-state index contributed by atoms with van der Waals surface area (Å²) in [5, 5.41) is 12.4. The Morgan fingerprint density at radius 2 is 1.94 bits per heavy atom. The van der Waals surface area contributed by atoms with Crippen LogP contribution >= 0.6 is 0 Å². The van der Waals surface area contributed by atoms with Crippen molar-refractivity contribution >= 4 is 5.91 Å². The van der Waals surface area contributed by atoms with Crippen molar-refractivity contribution in [2.24, 2.45) is 0 Å². The molecule has 1 aromatic rings. The predicted molar refractivity (Wildman–Crippen MR) is 64.2 cm³/mol. The summed E-state index contributed by atoms with van der Waals surface area (Å²) in [4.78, 5) is 14.0. The van der Waals surface area contributed by atoms with E-state index >= 15 is 0 Å². The van der Waals surface area contributed by atoms with E-state index in [2.05, 4.69) is 11.4 Å². The van der Waals surface area contributed by atoms with E-state index in [0.29, 0.717) is 13.1 Å². The smallest absolute Gasteiger partial charge is 0.244 e. The molecule has 1 unspecified atom stereocenters. The minimum absolute atomic E-state index is 0.0831. The third-order valence-corrected chi connectivity index (χ3v) is 2.94. The zero-order chi connectivity index (χ0) is 12.1. The Labute approximate surface area is 101 Å². The van der Waals surface area contributed by atoms with Crippen molar-refractivity contribution in [3.05, 3.63) is 35.9 Å². The first-order valence-corrected chi connectivity index (χ1v) is 5.77. The van der Waals surface area contributed by atoms with E-state index in [1.165, 1.54) is 0 Å². The molecule has 4 heteroatoms. The van der Waals surface area contributed by atoms with Gasteiger partial charge in [0, 0.05) is 26.2 Å². The highest BCUT2D eigenvalue weighted by Gasteiger charge is 2.26. The monoisotopic (exact) mass is 229 g/mol. The number of amides is 1. The lowest BCUT2D eigenvalue weighted by Gasteiger charge is -2.29. The van der Waals surface area contributed by atoms with E-state index in [9.17, 15) is 4.79 Å². The number of nitrogens with one attached hydrogen (secondary N) is 1. The fourth-order valence-corrected chi connectivity index (χ4v) is 1.99. The molecule has 1 N–H and O–H groups in total. The molecular weight excluding hydrogens is 214 g/mol. The van der Waals surface area contributed by atoms with Crippen LogP contribution in [0.1, 0.15) is 11.5 Å². The number of hydrogen-bond donors (Lipinski definition) is 1. The SMILES string of the molecule is N#CC(C(=O)N1CCNCC1)c1ccccc1. The van der Waals surface area contributed by atoms with E-state index < -0.39 is 5.92 Å². The van der Waals surface area contributed by atoms with E-state index in [1.54, 1.807) is 4.90 Å². The maximum atomic E-state index is 12.2. The van der Waals surface area contributed by atoms with Crippen LogP contribution in [0.2, 0.25) is 0 Å². The highest BCUT2D eigenvalue weighted by atomic mass is 16.2. The number of nitriles is 1. The second kappa shape index (κ2) is 5.46. The summed E-state index contributed by atoms with van der Waals surface area (Å²) in [7, 11) is 0. The van der Waals surface area contributed by atoms with Crippen LogP contribution in [-0.4, -0.2) is 37.0 Å². The number of carbonyl (C=O) groups excluding carboxylic acids is 1. The van der Waals surface area contributed by atoms with Crippen LogP contribution in [-0.2, 0) is 4.79 Å². The van der Waals surface area contributed by atoms with Crippen LogP contribution in [0, 0.1) is 11.3 Å². The van der Waals surface area contributed by atoms with Crippen LogP contribution in [0.15, 0.2) is 30.3 Å². The second-order valence-corrected chi connectivity index (χ2v) is 4.05. The molecule has 2 rings (SSSR count). The van der Waals surface area contributed by atoms with Gasteiger partial charge in [-0.2, -0.15) is 5.26 Å². The quantitative estimate of drug-likeness (QED) is 0.813. The molecule has 1 fully saturated rings. The Balaban J connectivity index is 2.13. The van der Waals surface area contributed by atoms with Gasteiger partial charge in [0.2, 0.25) is 5.91 Å². The van der Waals surface area contributed by atoms with Gasteiger partial charge in [-0.3, -0.25) is 4.79 Å². The molecule has 1 heterocycles. The molecule has 0 aliphatic carbocycles. The molecule has 1 atom stereocenters. The van der Waals surface area contributed by atoms with Crippen LogP contribution in [0.25, 0.3) is 0 Å². The molecule has 0 saturated carbocycles. The number of hydrogen-bond acceptors (Lipinski definition) is 3. The summed E-state index contributed by atoms with van der Waals surface area (Å²) < 4.78 is 0. The topological polar surface area (TPSA) is 56.1 Å². The fourth-order valence-electron chi connectivity index (χ4n) is 1.99. The molecule has 1 aromatic carbocycles. The summed E-state index contributed by atoms with van der Waals surface area (Å²) in [5.41, 5.74) is 0.776. The van der Waals surface area contributed by atoms with Gasteiger partial charge in [-0.05, 0) is 5.56 Å². The number of rotatable bonds is 2. The lowest BCUT2D eigenvalue weighted by molar-refractivity contribution is -0.132. The van der Waals surface area contributed by atoms with Crippen LogP contribution in [0.4, 0.5) is 0 Å². The Kier molecular flexibility index (Phi) is 3.73. The average Bonchev–Trinajstić information content (AvgIpc) is 2.42. The number of piperazine rings is 1. The van der Waals surface area contributed by atoms with Crippen molar-refractivity contribution in [3.63, 3.8) is 0 Å². The number of nitrogens with zero attached hydrogens (tertiary/aromatic N) is 2. The van der Waals surface area contributed by atoms with Gasteiger partial charge in [-0.1, -0.05) is 30.3 Å². The maximum Gasteiger partial charge on any atom is 0.244 e. The molecule has 0 radical (unpaired) electrons. The van der Waals surface area contributed by atoms with Crippen molar-refractivity contribution in [2.45, 2.75) is 5.92 Å². The van der Waals surface area contributed by atoms with Crippen molar-refractivity contribution in [2.75, 3.05) is 26.2 Å². The summed E-state index contributed by atoms with van der Waals surface area (Å²) in [6, 6.07) is 11.3. The third kappa shape index (κ3) is 2.63. The van der Waals surface area contributed by atoms with Gasteiger partial charge in [-0.25, -0.2) is 0 Å². The Bertz CT molecular complexity index is 418. The molecule has 1 aliphatic rings. The first kappa shape index (κ1) is 11.6. The van der Waals surface area contributed by atoms with Crippen LogP contribution in [0.5, 0.6) is 0 Å².